The third kappa shape index (κ3) is 1.98. The van der Waals surface area contributed by atoms with Gasteiger partial charge in [0.1, 0.15) is 5.75 Å². The molecular formula is C13H16BrNO. The maximum Gasteiger partial charge on any atom is 0.125 e. The van der Waals surface area contributed by atoms with Gasteiger partial charge in [-0.15, -0.1) is 0 Å². The van der Waals surface area contributed by atoms with Crippen LogP contribution >= 0.6 is 15.9 Å². The zero-order valence-electron chi connectivity index (χ0n) is 9.21. The lowest BCUT2D eigenvalue weighted by Gasteiger charge is -2.34. The second kappa shape index (κ2) is 4.38. The van der Waals surface area contributed by atoms with Crippen molar-refractivity contribution in [1.29, 1.82) is 0 Å². The van der Waals surface area contributed by atoms with Gasteiger partial charge in [0.25, 0.3) is 0 Å². The molecule has 1 aromatic carbocycles. The summed E-state index contributed by atoms with van der Waals surface area (Å²) in [5, 5.41) is 3.74. The number of hydrogen-bond acceptors (Lipinski definition) is 2. The van der Waals surface area contributed by atoms with Crippen molar-refractivity contribution in [1.82, 2.24) is 5.32 Å². The van der Waals surface area contributed by atoms with E-state index in [1.165, 1.54) is 24.8 Å². The number of nitrogens with one attached hydrogen (secondary N) is 1. The molecule has 1 N–H and O–H groups in total. The minimum absolute atomic E-state index is 0.488. The summed E-state index contributed by atoms with van der Waals surface area (Å²) in [6.07, 6.45) is 5.14. The summed E-state index contributed by atoms with van der Waals surface area (Å²) < 4.78 is 6.79. The summed E-state index contributed by atoms with van der Waals surface area (Å²) in [6.45, 7) is 0.827. The molecule has 0 bridgehead atoms. The quantitative estimate of drug-likeness (QED) is 0.897. The van der Waals surface area contributed by atoms with Gasteiger partial charge in [-0.05, 0) is 25.0 Å². The van der Waals surface area contributed by atoms with Gasteiger partial charge in [0.05, 0.1) is 6.61 Å². The first-order valence-corrected chi connectivity index (χ1v) is 6.80. The third-order valence-corrected chi connectivity index (χ3v) is 4.05. The molecule has 1 saturated carbocycles. The molecular weight excluding hydrogens is 266 g/mol. The average molecular weight is 282 g/mol. The molecule has 1 aliphatic carbocycles. The van der Waals surface area contributed by atoms with Crippen LogP contribution in [-0.4, -0.2) is 12.6 Å². The number of fused-ring (bicyclic) bond motifs is 1. The van der Waals surface area contributed by atoms with Crippen LogP contribution in [0.5, 0.6) is 5.75 Å². The van der Waals surface area contributed by atoms with Crippen LogP contribution < -0.4 is 10.1 Å². The van der Waals surface area contributed by atoms with Crippen molar-refractivity contribution in [3.05, 3.63) is 28.2 Å². The molecule has 0 radical (unpaired) electrons. The highest BCUT2D eigenvalue weighted by Gasteiger charge is 2.26. The van der Waals surface area contributed by atoms with E-state index in [2.05, 4.69) is 39.4 Å². The molecule has 3 heteroatoms. The summed E-state index contributed by atoms with van der Waals surface area (Å²) in [6, 6.07) is 7.57. The average Bonchev–Trinajstić information content (AvgIpc) is 2.23. The number of hydrogen-bond donors (Lipinski definition) is 1. The van der Waals surface area contributed by atoms with Crippen molar-refractivity contribution >= 4 is 15.9 Å². The Morgan fingerprint density at radius 3 is 2.88 bits per heavy atom. The van der Waals surface area contributed by atoms with E-state index < -0.39 is 0 Å². The lowest BCUT2D eigenvalue weighted by molar-refractivity contribution is 0.222. The fourth-order valence-electron chi connectivity index (χ4n) is 2.40. The summed E-state index contributed by atoms with van der Waals surface area (Å²) in [7, 11) is 0. The van der Waals surface area contributed by atoms with Gasteiger partial charge in [0.15, 0.2) is 0 Å². The van der Waals surface area contributed by atoms with E-state index in [4.69, 9.17) is 4.74 Å². The van der Waals surface area contributed by atoms with Crippen molar-refractivity contribution in [3.63, 3.8) is 0 Å². The Morgan fingerprint density at radius 1 is 1.25 bits per heavy atom. The Morgan fingerprint density at radius 2 is 2.12 bits per heavy atom. The van der Waals surface area contributed by atoms with E-state index in [1.54, 1.807) is 0 Å². The van der Waals surface area contributed by atoms with E-state index in [0.29, 0.717) is 6.04 Å². The van der Waals surface area contributed by atoms with Crippen molar-refractivity contribution in [3.8, 4) is 5.75 Å². The Labute approximate surface area is 105 Å². The summed E-state index contributed by atoms with van der Waals surface area (Å²) in [5.74, 6) is 1.04. The molecule has 1 aromatic rings. The van der Waals surface area contributed by atoms with Gasteiger partial charge in [-0.3, -0.25) is 0 Å². The minimum atomic E-state index is 0.488. The van der Waals surface area contributed by atoms with Gasteiger partial charge < -0.3 is 10.1 Å². The zero-order valence-corrected chi connectivity index (χ0v) is 10.8. The Balaban J connectivity index is 1.81. The van der Waals surface area contributed by atoms with Gasteiger partial charge in [-0.2, -0.15) is 0 Å². The highest BCUT2D eigenvalue weighted by molar-refractivity contribution is 9.10. The smallest absolute Gasteiger partial charge is 0.125 e. The fraction of sp³-hybridized carbons (Fsp3) is 0.538. The molecule has 3 rings (SSSR count). The van der Waals surface area contributed by atoms with Crippen molar-refractivity contribution in [2.24, 2.45) is 0 Å². The molecule has 2 aliphatic rings. The maximum absolute atomic E-state index is 5.70. The van der Waals surface area contributed by atoms with E-state index in [-0.39, 0.29) is 0 Å². The third-order valence-electron chi connectivity index (χ3n) is 3.56. The first-order chi connectivity index (χ1) is 7.83. The van der Waals surface area contributed by atoms with Gasteiger partial charge in [0, 0.05) is 28.5 Å². The summed E-state index contributed by atoms with van der Waals surface area (Å²) >= 11 is 3.49. The molecule has 1 heterocycles. The zero-order chi connectivity index (χ0) is 11.0. The molecule has 1 aliphatic heterocycles. The monoisotopic (exact) mass is 281 g/mol. The minimum Gasteiger partial charge on any atom is -0.493 e. The SMILES string of the molecule is Brc1ccc2c(c1)OCCC2NC1CCC1. The van der Waals surface area contributed by atoms with Crippen LogP contribution in [0.1, 0.15) is 37.3 Å². The number of halogens is 1. The second-order valence-corrected chi connectivity index (χ2v) is 5.58. The van der Waals surface area contributed by atoms with Crippen molar-refractivity contribution < 1.29 is 4.74 Å². The maximum atomic E-state index is 5.70. The topological polar surface area (TPSA) is 21.3 Å². The van der Waals surface area contributed by atoms with Crippen LogP contribution in [0.4, 0.5) is 0 Å². The Kier molecular flexibility index (Phi) is 2.90. The largest absolute Gasteiger partial charge is 0.493 e. The fourth-order valence-corrected chi connectivity index (χ4v) is 2.74. The normalized spacial score (nSPS) is 24.4. The highest BCUT2D eigenvalue weighted by Crippen LogP contribution is 2.35. The van der Waals surface area contributed by atoms with Crippen LogP contribution in [0.25, 0.3) is 0 Å². The molecule has 1 atom stereocenters. The van der Waals surface area contributed by atoms with Gasteiger partial charge in [-0.1, -0.05) is 28.4 Å². The first kappa shape index (κ1) is 10.6. The predicted octanol–water partition coefficient (Wildman–Crippen LogP) is 3.41. The molecule has 1 unspecified atom stereocenters. The van der Waals surface area contributed by atoms with Crippen LogP contribution in [-0.2, 0) is 0 Å². The number of rotatable bonds is 2. The van der Waals surface area contributed by atoms with Crippen molar-refractivity contribution in [2.75, 3.05) is 6.61 Å². The van der Waals surface area contributed by atoms with Gasteiger partial charge >= 0.3 is 0 Å². The molecule has 0 saturated heterocycles. The number of benzene rings is 1. The summed E-state index contributed by atoms with van der Waals surface area (Å²) in [4.78, 5) is 0. The molecule has 0 aromatic heterocycles. The standard InChI is InChI=1S/C13H16BrNO/c14-9-4-5-11-12(15-10-2-1-3-10)6-7-16-13(11)8-9/h4-5,8,10,12,15H,1-3,6-7H2. The van der Waals surface area contributed by atoms with Crippen LogP contribution in [0, 0.1) is 0 Å². The summed E-state index contributed by atoms with van der Waals surface area (Å²) in [5.41, 5.74) is 1.32. The van der Waals surface area contributed by atoms with Crippen LogP contribution in [0.3, 0.4) is 0 Å². The number of ether oxygens (including phenoxy) is 1. The Bertz CT molecular complexity index is 390. The highest BCUT2D eigenvalue weighted by atomic mass is 79.9. The van der Waals surface area contributed by atoms with E-state index in [9.17, 15) is 0 Å². The molecule has 16 heavy (non-hydrogen) atoms. The van der Waals surface area contributed by atoms with Gasteiger partial charge in [-0.25, -0.2) is 0 Å². The molecule has 2 nitrogen and oxygen atoms in total. The van der Waals surface area contributed by atoms with Crippen molar-refractivity contribution in [2.45, 2.75) is 37.8 Å². The van der Waals surface area contributed by atoms with E-state index in [0.717, 1.165) is 29.3 Å². The molecule has 0 spiro atoms. The van der Waals surface area contributed by atoms with Gasteiger partial charge in [0.2, 0.25) is 0 Å². The van der Waals surface area contributed by atoms with Crippen LogP contribution in [0.2, 0.25) is 0 Å². The molecule has 86 valence electrons. The molecule has 1 fully saturated rings. The van der Waals surface area contributed by atoms with E-state index >= 15 is 0 Å². The lowest BCUT2D eigenvalue weighted by Crippen LogP contribution is -2.39. The molecule has 0 amide bonds. The predicted molar refractivity (Wildman–Crippen MR) is 67.8 cm³/mol. The Hall–Kier alpha value is -0.540. The first-order valence-electron chi connectivity index (χ1n) is 6.01. The second-order valence-electron chi connectivity index (χ2n) is 4.67. The van der Waals surface area contributed by atoms with E-state index in [1.807, 2.05) is 0 Å². The van der Waals surface area contributed by atoms with Crippen LogP contribution in [0.15, 0.2) is 22.7 Å². The lowest BCUT2D eigenvalue weighted by atomic mass is 9.90.